The monoisotopic (exact) mass is 384 g/mol. The number of nitrogens with one attached hydrogen (secondary N) is 2. The quantitative estimate of drug-likeness (QED) is 0.684. The first-order valence-electron chi connectivity index (χ1n) is 8.69. The van der Waals surface area contributed by atoms with E-state index in [2.05, 4.69) is 20.5 Å². The Hall–Kier alpha value is -3.42. The topological polar surface area (TPSA) is 87.7 Å². The van der Waals surface area contributed by atoms with Gasteiger partial charge in [0.2, 0.25) is 5.91 Å². The Labute approximate surface area is 159 Å². The Bertz CT molecular complexity index is 1040. The number of halogens is 2. The zero-order valence-corrected chi connectivity index (χ0v) is 15.1. The van der Waals surface area contributed by atoms with E-state index < -0.39 is 17.2 Å². The fourth-order valence-electron chi connectivity index (χ4n) is 2.67. The highest BCUT2D eigenvalue weighted by Crippen LogP contribution is 2.16. The molecular formula is C20H18F2N4O2. The van der Waals surface area contributed by atoms with Crippen LogP contribution in [0, 0.1) is 11.6 Å². The minimum Gasteiger partial charge on any atom is -0.350 e. The van der Waals surface area contributed by atoms with Crippen LogP contribution >= 0.6 is 0 Å². The Kier molecular flexibility index (Phi) is 5.88. The van der Waals surface area contributed by atoms with E-state index in [1.165, 1.54) is 6.07 Å². The molecule has 1 heterocycles. The van der Waals surface area contributed by atoms with E-state index in [0.717, 1.165) is 17.7 Å². The van der Waals surface area contributed by atoms with Crippen molar-refractivity contribution in [3.05, 3.63) is 81.8 Å². The molecule has 8 heteroatoms. The van der Waals surface area contributed by atoms with E-state index in [1.807, 2.05) is 37.3 Å². The maximum atomic E-state index is 13.3. The van der Waals surface area contributed by atoms with E-state index in [4.69, 9.17) is 0 Å². The molecule has 0 aliphatic rings. The van der Waals surface area contributed by atoms with Crippen LogP contribution in [0.4, 0.5) is 8.78 Å². The molecule has 144 valence electrons. The van der Waals surface area contributed by atoms with Crippen molar-refractivity contribution in [2.45, 2.75) is 25.8 Å². The number of carbonyl (C=O) groups is 1. The van der Waals surface area contributed by atoms with Crippen molar-refractivity contribution in [1.29, 1.82) is 0 Å². The van der Waals surface area contributed by atoms with E-state index in [1.54, 1.807) is 0 Å². The van der Waals surface area contributed by atoms with Gasteiger partial charge in [0, 0.05) is 18.4 Å². The highest BCUT2D eigenvalue weighted by Gasteiger charge is 2.13. The summed E-state index contributed by atoms with van der Waals surface area (Å²) in [6.07, 6.45) is 0.174. The smallest absolute Gasteiger partial charge is 0.273 e. The molecular weight excluding hydrogens is 366 g/mol. The van der Waals surface area contributed by atoms with Crippen LogP contribution in [-0.4, -0.2) is 21.1 Å². The van der Waals surface area contributed by atoms with E-state index >= 15 is 0 Å². The van der Waals surface area contributed by atoms with E-state index in [0.29, 0.717) is 0 Å². The number of hydrogen-bond acceptors (Lipinski definition) is 4. The minimum absolute atomic E-state index is 0.0230. The fourth-order valence-corrected chi connectivity index (χ4v) is 2.67. The molecule has 0 saturated heterocycles. The second-order valence-electron chi connectivity index (χ2n) is 6.28. The second kappa shape index (κ2) is 8.51. The molecule has 3 aromatic rings. The van der Waals surface area contributed by atoms with Crippen LogP contribution in [0.2, 0.25) is 0 Å². The lowest BCUT2D eigenvalue weighted by Crippen LogP contribution is -2.28. The first-order chi connectivity index (χ1) is 13.4. The van der Waals surface area contributed by atoms with Gasteiger partial charge in [0.15, 0.2) is 17.5 Å². The summed E-state index contributed by atoms with van der Waals surface area (Å²) < 4.78 is 26.3. The highest BCUT2D eigenvalue weighted by molar-refractivity contribution is 5.76. The van der Waals surface area contributed by atoms with Crippen molar-refractivity contribution in [2.24, 2.45) is 0 Å². The summed E-state index contributed by atoms with van der Waals surface area (Å²) in [5.74, 6) is -2.24. The average molecular weight is 384 g/mol. The van der Waals surface area contributed by atoms with Crippen molar-refractivity contribution in [3.63, 3.8) is 0 Å². The molecule has 28 heavy (non-hydrogen) atoms. The molecule has 0 unspecified atom stereocenters. The number of aryl methyl sites for hydroxylation is 1. The molecule has 2 aromatic carbocycles. The Balaban J connectivity index is 1.62. The number of aromatic amines is 1. The Morgan fingerprint density at radius 2 is 1.86 bits per heavy atom. The third-order valence-electron chi connectivity index (χ3n) is 4.22. The number of aromatic nitrogens is 3. The van der Waals surface area contributed by atoms with Gasteiger partial charge in [-0.25, -0.2) is 8.78 Å². The molecule has 1 amide bonds. The predicted molar refractivity (Wildman–Crippen MR) is 99.3 cm³/mol. The third-order valence-corrected chi connectivity index (χ3v) is 4.22. The average Bonchev–Trinajstić information content (AvgIpc) is 2.69. The van der Waals surface area contributed by atoms with Crippen molar-refractivity contribution in [1.82, 2.24) is 20.5 Å². The number of hydrogen-bond donors (Lipinski definition) is 2. The number of carbonyl (C=O) groups excluding carboxylic acids is 1. The summed E-state index contributed by atoms with van der Waals surface area (Å²) in [6, 6.07) is 12.5. The number of amides is 1. The van der Waals surface area contributed by atoms with Crippen LogP contribution < -0.4 is 10.9 Å². The Morgan fingerprint density at radius 1 is 1.11 bits per heavy atom. The largest absolute Gasteiger partial charge is 0.350 e. The molecule has 3 rings (SSSR count). The fraction of sp³-hybridized carbons (Fsp3) is 0.200. The predicted octanol–water partition coefficient (Wildman–Crippen LogP) is 2.92. The van der Waals surface area contributed by atoms with Gasteiger partial charge in [-0.05, 0) is 30.7 Å². The van der Waals surface area contributed by atoms with Gasteiger partial charge in [0.1, 0.15) is 5.69 Å². The van der Waals surface area contributed by atoms with E-state index in [9.17, 15) is 18.4 Å². The van der Waals surface area contributed by atoms with Gasteiger partial charge in [-0.2, -0.15) is 0 Å². The van der Waals surface area contributed by atoms with Crippen molar-refractivity contribution in [3.8, 4) is 11.4 Å². The number of benzene rings is 2. The number of rotatable bonds is 6. The van der Waals surface area contributed by atoms with Gasteiger partial charge in [0.25, 0.3) is 5.56 Å². The SMILES string of the molecule is C[C@@H](NC(=O)CCc1nnc(-c2ccc(F)c(F)c2)[nH]c1=O)c1ccccc1. The molecule has 0 aliphatic heterocycles. The van der Waals surface area contributed by atoms with Gasteiger partial charge in [0.05, 0.1) is 6.04 Å². The molecule has 6 nitrogen and oxygen atoms in total. The zero-order chi connectivity index (χ0) is 20.1. The van der Waals surface area contributed by atoms with Gasteiger partial charge in [-0.1, -0.05) is 30.3 Å². The molecule has 0 saturated carbocycles. The number of nitrogens with zero attached hydrogens (tertiary/aromatic N) is 2. The lowest BCUT2D eigenvalue weighted by Gasteiger charge is -2.14. The van der Waals surface area contributed by atoms with Crippen molar-refractivity contribution in [2.75, 3.05) is 0 Å². The summed E-state index contributed by atoms with van der Waals surface area (Å²) in [5.41, 5.74) is 0.737. The maximum absolute atomic E-state index is 13.3. The molecule has 1 aromatic heterocycles. The van der Waals surface area contributed by atoms with Gasteiger partial charge < -0.3 is 10.3 Å². The van der Waals surface area contributed by atoms with Crippen LogP contribution in [0.1, 0.15) is 30.6 Å². The van der Waals surface area contributed by atoms with Crippen LogP contribution in [0.15, 0.2) is 53.3 Å². The summed E-state index contributed by atoms with van der Waals surface area (Å²) >= 11 is 0. The van der Waals surface area contributed by atoms with Gasteiger partial charge in [-0.15, -0.1) is 10.2 Å². The third kappa shape index (κ3) is 4.64. The normalized spacial score (nSPS) is 11.8. The second-order valence-corrected chi connectivity index (χ2v) is 6.28. The van der Waals surface area contributed by atoms with Crippen LogP contribution in [0.5, 0.6) is 0 Å². The molecule has 1 atom stereocenters. The van der Waals surface area contributed by atoms with Crippen molar-refractivity contribution >= 4 is 5.91 Å². The highest BCUT2D eigenvalue weighted by atomic mass is 19.2. The standard InChI is InChI=1S/C20H18F2N4O2/c1-12(13-5-3-2-4-6-13)23-18(27)10-9-17-20(28)24-19(26-25-17)14-7-8-15(21)16(22)11-14/h2-8,11-12H,9-10H2,1H3,(H,23,27)(H,24,26,28)/t12-/m1/s1. The molecule has 0 bridgehead atoms. The molecule has 0 radical (unpaired) electrons. The summed E-state index contributed by atoms with van der Waals surface area (Å²) in [7, 11) is 0. The maximum Gasteiger partial charge on any atom is 0.273 e. The minimum atomic E-state index is -1.05. The van der Waals surface area contributed by atoms with Crippen LogP contribution in [0.3, 0.4) is 0 Å². The molecule has 0 spiro atoms. The van der Waals surface area contributed by atoms with Gasteiger partial charge in [-0.3, -0.25) is 9.59 Å². The van der Waals surface area contributed by atoms with Crippen LogP contribution in [0.25, 0.3) is 11.4 Å². The van der Waals surface area contributed by atoms with E-state index in [-0.39, 0.29) is 41.9 Å². The summed E-state index contributed by atoms with van der Waals surface area (Å²) in [6.45, 7) is 1.87. The molecule has 2 N–H and O–H groups in total. The zero-order valence-electron chi connectivity index (χ0n) is 15.1. The number of H-pyrrole nitrogens is 1. The lowest BCUT2D eigenvalue weighted by atomic mass is 10.1. The molecule has 0 fully saturated rings. The summed E-state index contributed by atoms with van der Waals surface area (Å²) in [5, 5.41) is 10.5. The lowest BCUT2D eigenvalue weighted by molar-refractivity contribution is -0.121. The first-order valence-corrected chi connectivity index (χ1v) is 8.69. The first kappa shape index (κ1) is 19.3. The summed E-state index contributed by atoms with van der Waals surface area (Å²) in [4.78, 5) is 26.8. The van der Waals surface area contributed by atoms with Crippen molar-refractivity contribution < 1.29 is 13.6 Å². The Morgan fingerprint density at radius 3 is 2.54 bits per heavy atom. The van der Waals surface area contributed by atoms with Gasteiger partial charge >= 0.3 is 0 Å². The molecule has 0 aliphatic carbocycles. The van der Waals surface area contributed by atoms with Crippen LogP contribution in [-0.2, 0) is 11.2 Å².